The number of nitrogens with two attached hydrogens (primary N) is 1. The van der Waals surface area contributed by atoms with Gasteiger partial charge in [0, 0.05) is 24.7 Å². The van der Waals surface area contributed by atoms with Crippen LogP contribution in [-0.4, -0.2) is 90.8 Å². The van der Waals surface area contributed by atoms with E-state index < -0.39 is 66.9 Å². The first kappa shape index (κ1) is 28.7. The maximum atomic E-state index is 13.1. The number of phenolic OH excluding ortho intramolecular Hbond substituents is 1. The number of imidazole rings is 1. The predicted octanol–water partition coefficient (Wildman–Crippen LogP) is -2.77. The van der Waals surface area contributed by atoms with Gasteiger partial charge in [-0.3, -0.25) is 19.2 Å². The molecule has 0 saturated carbocycles. The first-order valence-electron chi connectivity index (χ1n) is 11.0. The quantitative estimate of drug-likeness (QED) is 0.123. The molecule has 0 aliphatic carbocycles. The van der Waals surface area contributed by atoms with E-state index >= 15 is 0 Å². The average Bonchev–Trinajstić information content (AvgIpc) is 3.36. The Morgan fingerprint density at radius 1 is 0.892 bits per heavy atom. The van der Waals surface area contributed by atoms with Crippen LogP contribution in [-0.2, 0) is 36.8 Å². The molecule has 10 N–H and O–H groups in total. The summed E-state index contributed by atoms with van der Waals surface area (Å²) in [4.78, 5) is 67.6. The van der Waals surface area contributed by atoms with Crippen LogP contribution in [0.2, 0.25) is 0 Å². The van der Waals surface area contributed by atoms with Gasteiger partial charge in [0.1, 0.15) is 29.9 Å². The summed E-state index contributed by atoms with van der Waals surface area (Å²) in [5.41, 5.74) is 6.30. The zero-order valence-corrected chi connectivity index (χ0v) is 19.5. The van der Waals surface area contributed by atoms with E-state index in [1.807, 2.05) is 0 Å². The van der Waals surface area contributed by atoms with Gasteiger partial charge in [-0.1, -0.05) is 12.1 Å². The number of aromatic hydroxyl groups is 1. The molecular formula is C22H28N6O9. The van der Waals surface area contributed by atoms with Crippen molar-refractivity contribution in [3.05, 3.63) is 48.0 Å². The van der Waals surface area contributed by atoms with Gasteiger partial charge in [0.25, 0.3) is 0 Å². The van der Waals surface area contributed by atoms with Crippen LogP contribution in [0.4, 0.5) is 0 Å². The molecule has 2 rings (SSSR count). The van der Waals surface area contributed by atoms with Crippen LogP contribution in [0, 0.1) is 0 Å². The molecule has 15 nitrogen and oxygen atoms in total. The Labute approximate surface area is 210 Å². The minimum Gasteiger partial charge on any atom is -0.508 e. The SMILES string of the molecule is NC(CO)C(=O)NC(CC(=O)O)C(=O)NC(Cc1cnc[nH]1)C(=O)NC(Cc1ccc(O)cc1)C(=O)O. The molecule has 4 atom stereocenters. The smallest absolute Gasteiger partial charge is 0.326 e. The number of nitrogens with one attached hydrogen (secondary N) is 4. The van der Waals surface area contributed by atoms with Crippen molar-refractivity contribution in [2.45, 2.75) is 43.4 Å². The number of hydrogen-bond donors (Lipinski definition) is 9. The number of carboxylic acids is 2. The van der Waals surface area contributed by atoms with Gasteiger partial charge < -0.3 is 47.1 Å². The summed E-state index contributed by atoms with van der Waals surface area (Å²) >= 11 is 0. The molecule has 1 heterocycles. The lowest BCUT2D eigenvalue weighted by Gasteiger charge is -2.24. The molecule has 2 aromatic rings. The zero-order chi connectivity index (χ0) is 27.5. The lowest BCUT2D eigenvalue weighted by atomic mass is 10.0. The van der Waals surface area contributed by atoms with Gasteiger partial charge in [-0.25, -0.2) is 9.78 Å². The first-order valence-corrected chi connectivity index (χ1v) is 11.0. The van der Waals surface area contributed by atoms with Gasteiger partial charge in [-0.05, 0) is 17.7 Å². The fraction of sp³-hybridized carbons (Fsp3) is 0.364. The summed E-state index contributed by atoms with van der Waals surface area (Å²) in [5.74, 6) is -5.76. The van der Waals surface area contributed by atoms with E-state index in [-0.39, 0.29) is 18.6 Å². The normalized spacial score (nSPS) is 14.0. The maximum absolute atomic E-state index is 13.1. The van der Waals surface area contributed by atoms with Crippen molar-refractivity contribution in [2.24, 2.45) is 5.73 Å². The number of aliphatic hydroxyl groups is 1. The number of phenols is 1. The molecule has 0 fully saturated rings. The molecule has 0 spiro atoms. The molecule has 37 heavy (non-hydrogen) atoms. The molecule has 0 saturated heterocycles. The molecule has 3 amide bonds. The van der Waals surface area contributed by atoms with Crippen molar-refractivity contribution in [3.8, 4) is 5.75 Å². The number of nitrogens with zero attached hydrogens (tertiary/aromatic N) is 1. The Hall–Kier alpha value is -4.50. The number of aromatic amines is 1. The fourth-order valence-electron chi connectivity index (χ4n) is 3.18. The van der Waals surface area contributed by atoms with Crippen molar-refractivity contribution in [1.29, 1.82) is 0 Å². The third kappa shape index (κ3) is 9.23. The molecule has 0 aliphatic rings. The second-order valence-corrected chi connectivity index (χ2v) is 8.06. The Morgan fingerprint density at radius 3 is 2.03 bits per heavy atom. The number of hydrogen-bond acceptors (Lipinski definition) is 9. The summed E-state index contributed by atoms with van der Waals surface area (Å²) in [6.07, 6.45) is 1.53. The van der Waals surface area contributed by atoms with E-state index in [9.17, 15) is 34.2 Å². The number of carbonyl (C=O) groups excluding carboxylic acids is 3. The topological polar surface area (TPSA) is 257 Å². The van der Waals surface area contributed by atoms with E-state index in [0.717, 1.165) is 0 Å². The van der Waals surface area contributed by atoms with Gasteiger partial charge in [0.05, 0.1) is 19.4 Å². The summed E-state index contributed by atoms with van der Waals surface area (Å²) in [7, 11) is 0. The number of amides is 3. The van der Waals surface area contributed by atoms with Gasteiger partial charge in [0.15, 0.2) is 0 Å². The third-order valence-corrected chi connectivity index (χ3v) is 5.15. The molecule has 15 heteroatoms. The Morgan fingerprint density at radius 2 is 1.49 bits per heavy atom. The van der Waals surface area contributed by atoms with E-state index in [1.54, 1.807) is 0 Å². The molecule has 200 valence electrons. The molecule has 0 radical (unpaired) electrons. The highest BCUT2D eigenvalue weighted by Gasteiger charge is 2.32. The van der Waals surface area contributed by atoms with Crippen LogP contribution < -0.4 is 21.7 Å². The van der Waals surface area contributed by atoms with Gasteiger partial charge >= 0.3 is 11.9 Å². The second-order valence-electron chi connectivity index (χ2n) is 8.06. The Kier molecular flexibility index (Phi) is 10.5. The lowest BCUT2D eigenvalue weighted by molar-refractivity contribution is -0.143. The fourth-order valence-corrected chi connectivity index (χ4v) is 3.18. The number of aromatic nitrogens is 2. The highest BCUT2D eigenvalue weighted by molar-refractivity contribution is 5.95. The molecule has 0 bridgehead atoms. The molecule has 0 aliphatic heterocycles. The first-order chi connectivity index (χ1) is 17.5. The Balaban J connectivity index is 2.22. The minimum absolute atomic E-state index is 0.0232. The number of rotatable bonds is 14. The largest absolute Gasteiger partial charge is 0.508 e. The van der Waals surface area contributed by atoms with Gasteiger partial charge in [-0.15, -0.1) is 0 Å². The minimum atomic E-state index is -1.65. The van der Waals surface area contributed by atoms with Crippen LogP contribution in [0.5, 0.6) is 5.75 Å². The zero-order valence-electron chi connectivity index (χ0n) is 19.5. The third-order valence-electron chi connectivity index (χ3n) is 5.15. The number of benzene rings is 1. The number of H-pyrrole nitrogens is 1. The van der Waals surface area contributed by atoms with Crippen molar-refractivity contribution < 1.29 is 44.4 Å². The van der Waals surface area contributed by atoms with E-state index in [2.05, 4.69) is 25.9 Å². The number of aliphatic hydroxyl groups excluding tert-OH is 1. The van der Waals surface area contributed by atoms with Crippen molar-refractivity contribution >= 4 is 29.7 Å². The van der Waals surface area contributed by atoms with Crippen LogP contribution in [0.3, 0.4) is 0 Å². The highest BCUT2D eigenvalue weighted by Crippen LogP contribution is 2.12. The van der Waals surface area contributed by atoms with Gasteiger partial charge in [-0.2, -0.15) is 0 Å². The molecule has 1 aromatic carbocycles. The highest BCUT2D eigenvalue weighted by atomic mass is 16.4. The standard InChI is InChI=1S/C22H28N6O9/c23-14(9-29)19(33)26-16(7-18(31)32)21(35)27-15(6-12-8-24-10-25-12)20(34)28-17(22(36)37)5-11-1-3-13(30)4-2-11/h1-4,8,10,14-17,29-30H,5-7,9,23H2,(H,24,25)(H,26,33)(H,27,35)(H,28,34)(H,31,32)(H,36,37). The summed E-state index contributed by atoms with van der Waals surface area (Å²) < 4.78 is 0. The van der Waals surface area contributed by atoms with Crippen LogP contribution >= 0.6 is 0 Å². The number of carboxylic acid groups (broad SMARTS) is 2. The number of carbonyl (C=O) groups is 5. The van der Waals surface area contributed by atoms with Crippen LogP contribution in [0.25, 0.3) is 0 Å². The number of aliphatic carboxylic acids is 2. The molecule has 4 unspecified atom stereocenters. The maximum Gasteiger partial charge on any atom is 0.326 e. The second kappa shape index (κ2) is 13.6. The van der Waals surface area contributed by atoms with Crippen molar-refractivity contribution in [1.82, 2.24) is 25.9 Å². The molecular weight excluding hydrogens is 492 g/mol. The summed E-state index contributed by atoms with van der Waals surface area (Å²) in [6.45, 7) is -0.754. The van der Waals surface area contributed by atoms with Crippen molar-refractivity contribution in [3.63, 3.8) is 0 Å². The van der Waals surface area contributed by atoms with E-state index in [0.29, 0.717) is 11.3 Å². The van der Waals surface area contributed by atoms with E-state index in [4.69, 9.17) is 15.9 Å². The van der Waals surface area contributed by atoms with Crippen LogP contribution in [0.1, 0.15) is 17.7 Å². The predicted molar refractivity (Wildman–Crippen MR) is 125 cm³/mol. The summed E-state index contributed by atoms with van der Waals surface area (Å²) in [5, 5.41) is 44.0. The van der Waals surface area contributed by atoms with Gasteiger partial charge in [0.2, 0.25) is 17.7 Å². The van der Waals surface area contributed by atoms with Crippen molar-refractivity contribution in [2.75, 3.05) is 6.61 Å². The lowest BCUT2D eigenvalue weighted by Crippen LogP contribution is -2.58. The van der Waals surface area contributed by atoms with E-state index in [1.165, 1.54) is 36.8 Å². The summed E-state index contributed by atoms with van der Waals surface area (Å²) in [6, 6.07) is -0.177. The Bertz CT molecular complexity index is 1090. The van der Waals surface area contributed by atoms with Crippen LogP contribution in [0.15, 0.2) is 36.8 Å². The monoisotopic (exact) mass is 520 g/mol. The molecule has 1 aromatic heterocycles. The average molecular weight is 520 g/mol.